The summed E-state index contributed by atoms with van der Waals surface area (Å²) in [4.78, 5) is 0. The summed E-state index contributed by atoms with van der Waals surface area (Å²) in [6, 6.07) is 45.6. The third-order valence-corrected chi connectivity index (χ3v) is 8.35. The number of aryl methyl sites for hydroxylation is 1. The number of benzene rings is 6. The highest BCUT2D eigenvalue weighted by Crippen LogP contribution is 2.45. The molecule has 0 aliphatic carbocycles. The fourth-order valence-corrected chi connectivity index (χ4v) is 6.71. The first-order valence-corrected chi connectivity index (χ1v) is 13.7. The van der Waals surface area contributed by atoms with E-state index >= 15 is 0 Å². The lowest BCUT2D eigenvalue weighted by Crippen LogP contribution is -1.95. The van der Waals surface area contributed by atoms with Gasteiger partial charge in [-0.2, -0.15) is 0 Å². The van der Waals surface area contributed by atoms with Crippen LogP contribution in [0, 0.1) is 6.92 Å². The zero-order valence-corrected chi connectivity index (χ0v) is 21.9. The van der Waals surface area contributed by atoms with Crippen molar-refractivity contribution in [3.8, 4) is 11.4 Å². The lowest BCUT2D eigenvalue weighted by molar-refractivity contribution is 0.673. The molecule has 3 nitrogen and oxygen atoms in total. The first kappa shape index (κ1) is 21.6. The van der Waals surface area contributed by atoms with Crippen molar-refractivity contribution in [2.24, 2.45) is 0 Å². The Morgan fingerprint density at radius 1 is 0.475 bits per heavy atom. The number of furan rings is 1. The predicted molar refractivity (Wildman–Crippen MR) is 167 cm³/mol. The normalized spacial score (nSPS) is 12.1. The van der Waals surface area contributed by atoms with E-state index < -0.39 is 0 Å². The summed E-state index contributed by atoms with van der Waals surface area (Å²) in [5, 5.41) is 7.13. The van der Waals surface area contributed by atoms with Crippen LogP contribution in [0.1, 0.15) is 5.56 Å². The van der Waals surface area contributed by atoms with Crippen molar-refractivity contribution in [3.05, 3.63) is 133 Å². The fourth-order valence-electron chi connectivity index (χ4n) is 6.71. The largest absolute Gasteiger partial charge is 0.455 e. The van der Waals surface area contributed by atoms with E-state index in [9.17, 15) is 0 Å². The molecule has 188 valence electrons. The van der Waals surface area contributed by atoms with Gasteiger partial charge in [-0.3, -0.25) is 0 Å². The maximum absolute atomic E-state index is 6.69. The molecule has 0 N–H and O–H groups in total. The van der Waals surface area contributed by atoms with Crippen molar-refractivity contribution in [1.82, 2.24) is 9.13 Å². The summed E-state index contributed by atoms with van der Waals surface area (Å²) in [6.45, 7) is 2.15. The molecule has 9 rings (SSSR count). The highest BCUT2D eigenvalue weighted by atomic mass is 16.3. The zero-order valence-electron chi connectivity index (χ0n) is 21.9. The molecule has 3 heterocycles. The number of aromatic nitrogens is 2. The maximum atomic E-state index is 6.69. The van der Waals surface area contributed by atoms with Gasteiger partial charge in [0.15, 0.2) is 0 Å². The van der Waals surface area contributed by atoms with Gasteiger partial charge in [-0.25, -0.2) is 0 Å². The number of fused-ring (bicyclic) bond motifs is 11. The van der Waals surface area contributed by atoms with Crippen LogP contribution in [0.4, 0.5) is 0 Å². The highest BCUT2D eigenvalue weighted by molar-refractivity contribution is 6.31. The first-order chi connectivity index (χ1) is 19.8. The molecule has 0 aliphatic rings. The van der Waals surface area contributed by atoms with E-state index in [-0.39, 0.29) is 0 Å². The lowest BCUT2D eigenvalue weighted by atomic mass is 10.1. The minimum absolute atomic E-state index is 0.914. The van der Waals surface area contributed by atoms with E-state index in [1.807, 2.05) is 6.07 Å². The Morgan fingerprint density at radius 2 is 1.18 bits per heavy atom. The van der Waals surface area contributed by atoms with E-state index in [0.29, 0.717) is 0 Å². The molecule has 0 saturated heterocycles. The van der Waals surface area contributed by atoms with Crippen molar-refractivity contribution in [3.63, 3.8) is 0 Å². The number of hydrogen-bond donors (Lipinski definition) is 0. The Labute approximate surface area is 230 Å². The smallest absolute Gasteiger partial charge is 0.145 e. The standard InChI is InChI=1S/C37H24N2O/c1-23-10-9-13-25(22-23)38-31-20-18-28-26-14-5-7-16-30(26)39(24-11-3-2-4-12-24)36(28)34(31)35-32(38)21-19-29-27-15-6-8-17-33(27)40-37(29)35/h2-22H,1H3. The van der Waals surface area contributed by atoms with Crippen molar-refractivity contribution < 1.29 is 4.42 Å². The summed E-state index contributed by atoms with van der Waals surface area (Å²) in [7, 11) is 0. The van der Waals surface area contributed by atoms with Gasteiger partial charge in [0.05, 0.1) is 27.5 Å². The van der Waals surface area contributed by atoms with Crippen LogP contribution >= 0.6 is 0 Å². The van der Waals surface area contributed by atoms with E-state index in [1.54, 1.807) is 0 Å². The topological polar surface area (TPSA) is 23.0 Å². The Hall–Kier alpha value is -5.28. The molecule has 0 bridgehead atoms. The minimum Gasteiger partial charge on any atom is -0.455 e. The van der Waals surface area contributed by atoms with E-state index in [4.69, 9.17) is 4.42 Å². The van der Waals surface area contributed by atoms with Crippen LogP contribution in [0.25, 0.3) is 76.9 Å². The van der Waals surface area contributed by atoms with Gasteiger partial charge in [0.1, 0.15) is 11.2 Å². The number of rotatable bonds is 2. The molecule has 40 heavy (non-hydrogen) atoms. The number of nitrogens with zero attached hydrogens (tertiary/aromatic N) is 2. The molecule has 6 aromatic carbocycles. The Balaban J connectivity index is 1.61. The molecule has 0 aliphatic heterocycles. The minimum atomic E-state index is 0.914. The van der Waals surface area contributed by atoms with Crippen molar-refractivity contribution in [1.29, 1.82) is 0 Å². The summed E-state index contributed by atoms with van der Waals surface area (Å²) in [5.41, 5.74) is 10.1. The lowest BCUT2D eigenvalue weighted by Gasteiger charge is -2.10. The zero-order chi connectivity index (χ0) is 26.4. The molecule has 3 aromatic heterocycles. The molecule has 0 radical (unpaired) electrons. The van der Waals surface area contributed by atoms with Crippen LogP contribution in [-0.2, 0) is 0 Å². The van der Waals surface area contributed by atoms with Gasteiger partial charge in [0, 0.05) is 38.3 Å². The van der Waals surface area contributed by atoms with Crippen LogP contribution in [0.3, 0.4) is 0 Å². The monoisotopic (exact) mass is 512 g/mol. The van der Waals surface area contributed by atoms with Gasteiger partial charge in [0.2, 0.25) is 0 Å². The quantitative estimate of drug-likeness (QED) is 0.226. The SMILES string of the molecule is Cc1cccc(-n2c3ccc4c5ccccc5oc4c3c3c2ccc2c4ccccc4n(-c4ccccc4)c23)c1. The molecule has 3 heteroatoms. The summed E-state index contributed by atoms with van der Waals surface area (Å²) in [6.07, 6.45) is 0. The average molecular weight is 513 g/mol. The van der Waals surface area contributed by atoms with E-state index in [0.717, 1.165) is 44.2 Å². The third kappa shape index (κ3) is 2.79. The number of hydrogen-bond acceptors (Lipinski definition) is 1. The summed E-state index contributed by atoms with van der Waals surface area (Å²) >= 11 is 0. The van der Waals surface area contributed by atoms with Crippen LogP contribution < -0.4 is 0 Å². The van der Waals surface area contributed by atoms with Gasteiger partial charge in [-0.15, -0.1) is 0 Å². The third-order valence-electron chi connectivity index (χ3n) is 8.35. The molecule has 0 amide bonds. The molecule has 0 unspecified atom stereocenters. The first-order valence-electron chi connectivity index (χ1n) is 13.7. The van der Waals surface area contributed by atoms with Crippen LogP contribution in [-0.4, -0.2) is 9.13 Å². The molecule has 9 aromatic rings. The van der Waals surface area contributed by atoms with Crippen molar-refractivity contribution in [2.45, 2.75) is 6.92 Å². The Kier molecular flexibility index (Phi) is 4.26. The highest BCUT2D eigenvalue weighted by Gasteiger charge is 2.23. The molecule has 0 spiro atoms. The van der Waals surface area contributed by atoms with Gasteiger partial charge < -0.3 is 13.6 Å². The molecular weight excluding hydrogens is 488 g/mol. The summed E-state index contributed by atoms with van der Waals surface area (Å²) < 4.78 is 11.5. The molecule has 0 fully saturated rings. The van der Waals surface area contributed by atoms with Crippen LogP contribution in [0.5, 0.6) is 0 Å². The van der Waals surface area contributed by atoms with Gasteiger partial charge in [-0.05, 0) is 67.1 Å². The summed E-state index contributed by atoms with van der Waals surface area (Å²) in [5.74, 6) is 0. The molecular formula is C37H24N2O. The van der Waals surface area contributed by atoms with Crippen molar-refractivity contribution in [2.75, 3.05) is 0 Å². The van der Waals surface area contributed by atoms with Gasteiger partial charge in [-0.1, -0.05) is 72.8 Å². The van der Waals surface area contributed by atoms with Crippen LogP contribution in [0.2, 0.25) is 0 Å². The molecule has 0 saturated carbocycles. The molecule has 0 atom stereocenters. The van der Waals surface area contributed by atoms with Crippen LogP contribution in [0.15, 0.2) is 132 Å². The Morgan fingerprint density at radius 3 is 2.02 bits per heavy atom. The second kappa shape index (κ2) is 7.87. The number of para-hydroxylation sites is 3. The fraction of sp³-hybridized carbons (Fsp3) is 0.0270. The second-order valence-corrected chi connectivity index (χ2v) is 10.7. The predicted octanol–water partition coefficient (Wildman–Crippen LogP) is 10.1. The van der Waals surface area contributed by atoms with E-state index in [1.165, 1.54) is 38.3 Å². The second-order valence-electron chi connectivity index (χ2n) is 10.7. The van der Waals surface area contributed by atoms with Gasteiger partial charge >= 0.3 is 0 Å². The Bertz CT molecular complexity index is 2440. The van der Waals surface area contributed by atoms with Crippen molar-refractivity contribution >= 4 is 65.6 Å². The van der Waals surface area contributed by atoms with E-state index in [2.05, 4.69) is 137 Å². The maximum Gasteiger partial charge on any atom is 0.145 e. The van der Waals surface area contributed by atoms with Gasteiger partial charge in [0.25, 0.3) is 0 Å². The average Bonchev–Trinajstić information content (AvgIpc) is 3.65.